The summed E-state index contributed by atoms with van der Waals surface area (Å²) in [4.78, 5) is 16.7. The molecule has 1 aromatic carbocycles. The first-order valence-electron chi connectivity index (χ1n) is 8.50. The van der Waals surface area contributed by atoms with Gasteiger partial charge in [0.15, 0.2) is 11.6 Å². The number of ether oxygens (including phenoxy) is 1. The maximum Gasteiger partial charge on any atom is 0.254 e. The lowest BCUT2D eigenvalue weighted by Crippen LogP contribution is -2.58. The van der Waals surface area contributed by atoms with Crippen LogP contribution >= 0.6 is 0 Å². The van der Waals surface area contributed by atoms with Gasteiger partial charge in [-0.25, -0.2) is 4.39 Å². The molecule has 6 heteroatoms. The van der Waals surface area contributed by atoms with Gasteiger partial charge in [-0.1, -0.05) is 6.42 Å². The molecule has 0 unspecified atom stereocenters. The summed E-state index contributed by atoms with van der Waals surface area (Å²) in [7, 11) is 3.20. The van der Waals surface area contributed by atoms with E-state index in [0.29, 0.717) is 24.6 Å². The monoisotopic (exact) mass is 336 g/mol. The van der Waals surface area contributed by atoms with Crippen LogP contribution in [0.4, 0.5) is 4.39 Å². The van der Waals surface area contributed by atoms with Crippen LogP contribution in [0.2, 0.25) is 0 Å². The Balaban J connectivity index is 1.72. The number of amides is 1. The van der Waals surface area contributed by atoms with Gasteiger partial charge in [-0.2, -0.15) is 0 Å². The molecule has 1 amide bonds. The number of rotatable bonds is 6. The molecule has 2 fully saturated rings. The summed E-state index contributed by atoms with van der Waals surface area (Å²) in [6.07, 6.45) is 3.19. The molecule has 5 nitrogen and oxygen atoms in total. The van der Waals surface area contributed by atoms with Gasteiger partial charge in [0, 0.05) is 38.3 Å². The van der Waals surface area contributed by atoms with E-state index in [9.17, 15) is 14.3 Å². The van der Waals surface area contributed by atoms with Crippen LogP contribution in [0.15, 0.2) is 18.2 Å². The first-order valence-corrected chi connectivity index (χ1v) is 8.50. The average molecular weight is 336 g/mol. The van der Waals surface area contributed by atoms with Crippen molar-refractivity contribution in [1.29, 1.82) is 0 Å². The molecule has 1 atom stereocenters. The van der Waals surface area contributed by atoms with Crippen LogP contribution in [-0.4, -0.2) is 66.8 Å². The molecule has 2 aliphatic rings. The standard InChI is InChI=1S/C18H25FN2O3/c1-20(18(23)13-6-7-17(24-2)15(19)8-13)16(12-4-3-5-12)11-21-9-14(22)10-21/h6-8,12,14,16,22H,3-5,9-11H2,1-2H3/t16-/m1/s1. The number of carbonyl (C=O) groups is 1. The van der Waals surface area contributed by atoms with Gasteiger partial charge in [0.1, 0.15) is 0 Å². The second kappa shape index (κ2) is 7.07. The highest BCUT2D eigenvalue weighted by molar-refractivity contribution is 5.94. The number of likely N-dealkylation sites (N-methyl/N-ethyl adjacent to an activating group) is 1. The minimum atomic E-state index is -0.525. The number of nitrogens with zero attached hydrogens (tertiary/aromatic N) is 2. The number of methoxy groups -OCH3 is 1. The Kier molecular flexibility index (Phi) is 5.06. The van der Waals surface area contributed by atoms with Crippen molar-refractivity contribution in [1.82, 2.24) is 9.80 Å². The number of hydrogen-bond acceptors (Lipinski definition) is 4. The zero-order valence-corrected chi connectivity index (χ0v) is 14.2. The number of benzene rings is 1. The van der Waals surface area contributed by atoms with Gasteiger partial charge in [0.05, 0.1) is 13.2 Å². The van der Waals surface area contributed by atoms with E-state index in [1.165, 1.54) is 25.7 Å². The Morgan fingerprint density at radius 3 is 2.67 bits per heavy atom. The predicted molar refractivity (Wildman–Crippen MR) is 88.6 cm³/mol. The predicted octanol–water partition coefficient (Wildman–Crippen LogP) is 1.75. The fraction of sp³-hybridized carbons (Fsp3) is 0.611. The third-order valence-corrected chi connectivity index (χ3v) is 5.29. The maximum absolute atomic E-state index is 13.9. The molecular formula is C18H25FN2O3. The fourth-order valence-electron chi connectivity index (χ4n) is 3.52. The number of likely N-dealkylation sites (tertiary alicyclic amines) is 1. The molecule has 0 bridgehead atoms. The SMILES string of the molecule is COc1ccc(C(=O)N(C)[C@H](CN2CC(O)C2)C2CCC2)cc1F. The van der Waals surface area contributed by atoms with Gasteiger partial charge >= 0.3 is 0 Å². The first-order chi connectivity index (χ1) is 11.5. The van der Waals surface area contributed by atoms with E-state index in [4.69, 9.17) is 4.74 Å². The summed E-state index contributed by atoms with van der Waals surface area (Å²) >= 11 is 0. The molecule has 1 aliphatic heterocycles. The molecule has 24 heavy (non-hydrogen) atoms. The summed E-state index contributed by atoms with van der Waals surface area (Å²) in [6.45, 7) is 2.10. The molecule has 0 radical (unpaired) electrons. The van der Waals surface area contributed by atoms with Crippen LogP contribution in [-0.2, 0) is 0 Å². The smallest absolute Gasteiger partial charge is 0.254 e. The van der Waals surface area contributed by atoms with Crippen LogP contribution in [0.1, 0.15) is 29.6 Å². The van der Waals surface area contributed by atoms with Crippen LogP contribution < -0.4 is 4.74 Å². The van der Waals surface area contributed by atoms with Gasteiger partial charge < -0.3 is 14.7 Å². The number of aliphatic hydroxyl groups is 1. The molecule has 0 aromatic heterocycles. The Morgan fingerprint density at radius 1 is 1.46 bits per heavy atom. The topological polar surface area (TPSA) is 53.0 Å². The molecule has 1 saturated carbocycles. The highest BCUT2D eigenvalue weighted by Crippen LogP contribution is 2.33. The second-order valence-corrected chi connectivity index (χ2v) is 6.90. The van der Waals surface area contributed by atoms with Crippen LogP contribution in [0.5, 0.6) is 5.75 Å². The molecule has 132 valence electrons. The largest absolute Gasteiger partial charge is 0.494 e. The number of β-amino-alcohol motifs (C(OH)–C–C–N with tert-alkyl or cyclic N) is 1. The minimum Gasteiger partial charge on any atom is -0.494 e. The van der Waals surface area contributed by atoms with Crippen LogP contribution in [0, 0.1) is 11.7 Å². The van der Waals surface area contributed by atoms with Crippen molar-refractivity contribution < 1.29 is 19.0 Å². The summed E-state index contributed by atoms with van der Waals surface area (Å²) in [6, 6.07) is 4.43. The fourth-order valence-corrected chi connectivity index (χ4v) is 3.52. The third-order valence-electron chi connectivity index (χ3n) is 5.29. The Bertz CT molecular complexity index is 600. The van der Waals surface area contributed by atoms with Crippen molar-refractivity contribution in [3.63, 3.8) is 0 Å². The Morgan fingerprint density at radius 2 is 2.17 bits per heavy atom. The molecular weight excluding hydrogens is 311 g/mol. The van der Waals surface area contributed by atoms with Gasteiger partial charge in [-0.05, 0) is 37.0 Å². The Hall–Kier alpha value is -1.66. The summed E-state index contributed by atoms with van der Waals surface area (Å²) < 4.78 is 18.8. The lowest BCUT2D eigenvalue weighted by atomic mass is 9.78. The van der Waals surface area contributed by atoms with Gasteiger partial charge in [0.2, 0.25) is 0 Å². The summed E-state index contributed by atoms with van der Waals surface area (Å²) in [5, 5.41) is 9.47. The van der Waals surface area contributed by atoms with Crippen molar-refractivity contribution in [3.05, 3.63) is 29.6 Å². The molecule has 3 rings (SSSR count). The van der Waals surface area contributed by atoms with E-state index in [1.54, 1.807) is 18.0 Å². The van der Waals surface area contributed by atoms with E-state index in [0.717, 1.165) is 19.4 Å². The number of carbonyl (C=O) groups excluding carboxylic acids is 1. The summed E-state index contributed by atoms with van der Waals surface area (Å²) in [5.41, 5.74) is 0.337. The molecule has 1 aliphatic carbocycles. The lowest BCUT2D eigenvalue weighted by molar-refractivity contribution is -0.0223. The minimum absolute atomic E-state index is 0.101. The molecule has 1 aromatic rings. The van der Waals surface area contributed by atoms with Crippen molar-refractivity contribution in [2.75, 3.05) is 33.8 Å². The zero-order chi connectivity index (χ0) is 17.3. The van der Waals surface area contributed by atoms with Gasteiger partial charge in [-0.15, -0.1) is 0 Å². The van der Waals surface area contributed by atoms with Gasteiger partial charge in [-0.3, -0.25) is 9.69 Å². The normalized spacial score (nSPS) is 20.2. The molecule has 0 spiro atoms. The van der Waals surface area contributed by atoms with Crippen molar-refractivity contribution in [2.45, 2.75) is 31.4 Å². The number of aliphatic hydroxyl groups excluding tert-OH is 1. The highest BCUT2D eigenvalue weighted by Gasteiger charge is 2.36. The third kappa shape index (κ3) is 3.39. The van der Waals surface area contributed by atoms with E-state index < -0.39 is 5.82 Å². The quantitative estimate of drug-likeness (QED) is 0.860. The molecule has 1 saturated heterocycles. The Labute approximate surface area is 142 Å². The first kappa shape index (κ1) is 17.2. The number of halogens is 1. The van der Waals surface area contributed by atoms with E-state index >= 15 is 0 Å². The molecule has 1 N–H and O–H groups in total. The average Bonchev–Trinajstić information content (AvgIpc) is 2.49. The van der Waals surface area contributed by atoms with E-state index in [-0.39, 0.29) is 23.8 Å². The second-order valence-electron chi connectivity index (χ2n) is 6.90. The molecule has 1 heterocycles. The van der Waals surface area contributed by atoms with Crippen molar-refractivity contribution in [2.24, 2.45) is 5.92 Å². The summed E-state index contributed by atoms with van der Waals surface area (Å²) in [5.74, 6) is -0.0727. The van der Waals surface area contributed by atoms with Crippen molar-refractivity contribution in [3.8, 4) is 5.75 Å². The van der Waals surface area contributed by atoms with Crippen molar-refractivity contribution >= 4 is 5.91 Å². The highest BCUT2D eigenvalue weighted by atomic mass is 19.1. The van der Waals surface area contributed by atoms with Crippen LogP contribution in [0.25, 0.3) is 0 Å². The lowest BCUT2D eigenvalue weighted by Gasteiger charge is -2.45. The van der Waals surface area contributed by atoms with E-state index in [2.05, 4.69) is 4.90 Å². The maximum atomic E-state index is 13.9. The van der Waals surface area contributed by atoms with E-state index in [1.807, 2.05) is 0 Å². The van der Waals surface area contributed by atoms with Crippen LogP contribution in [0.3, 0.4) is 0 Å². The van der Waals surface area contributed by atoms with Gasteiger partial charge in [0.25, 0.3) is 5.91 Å². The zero-order valence-electron chi connectivity index (χ0n) is 14.2. The number of hydrogen-bond donors (Lipinski definition) is 1.